The lowest BCUT2D eigenvalue weighted by Gasteiger charge is -2.40. The molecule has 3 rings (SSSR count). The van der Waals surface area contributed by atoms with Gasteiger partial charge in [-0.1, -0.05) is 6.07 Å². The van der Waals surface area contributed by atoms with Crippen LogP contribution in [0, 0.1) is 0 Å². The second-order valence-electron chi connectivity index (χ2n) is 8.64. The number of guanidine groups is 1. The third-order valence-corrected chi connectivity index (χ3v) is 4.88. The van der Waals surface area contributed by atoms with Crippen LogP contribution in [0.4, 0.5) is 10.6 Å². The third kappa shape index (κ3) is 6.24. The van der Waals surface area contributed by atoms with Crippen molar-refractivity contribution in [1.29, 1.82) is 0 Å². The number of hydrogen-bond acceptors (Lipinski definition) is 5. The summed E-state index contributed by atoms with van der Waals surface area (Å²) >= 11 is 0. The van der Waals surface area contributed by atoms with Crippen LogP contribution in [0.2, 0.25) is 0 Å². The number of hydrogen-bond donors (Lipinski definition) is 2. The molecule has 3 heterocycles. The Morgan fingerprint density at radius 3 is 2.59 bits per heavy atom. The first-order chi connectivity index (χ1) is 13.8. The van der Waals surface area contributed by atoms with Crippen molar-refractivity contribution < 1.29 is 9.53 Å². The maximum absolute atomic E-state index is 12.1. The predicted molar refractivity (Wildman–Crippen MR) is 115 cm³/mol. The number of carbonyl (C=O) groups is 1. The van der Waals surface area contributed by atoms with Crippen LogP contribution in [0.5, 0.6) is 0 Å². The SMILES string of the molecule is CCNC(=NCc1ccc(N2CCCC2)nc1)NC1CN(C(=O)OC(C)(C)C)C1. The minimum absolute atomic E-state index is 0.177. The topological polar surface area (TPSA) is 82.1 Å². The van der Waals surface area contributed by atoms with E-state index in [0.717, 1.165) is 37.0 Å². The van der Waals surface area contributed by atoms with Gasteiger partial charge in [-0.05, 0) is 52.2 Å². The standard InChI is InChI=1S/C21H34N6O2/c1-5-22-19(25-17-14-27(15-17)20(28)29-21(2,3)4)24-13-16-8-9-18(23-12-16)26-10-6-7-11-26/h8-9,12,17H,5-7,10-11,13-15H2,1-4H3,(H2,22,24,25). The van der Waals surface area contributed by atoms with Gasteiger partial charge < -0.3 is 25.2 Å². The van der Waals surface area contributed by atoms with Crippen LogP contribution in [-0.2, 0) is 11.3 Å². The monoisotopic (exact) mass is 402 g/mol. The number of nitrogens with one attached hydrogen (secondary N) is 2. The number of rotatable bonds is 5. The minimum Gasteiger partial charge on any atom is -0.444 e. The summed E-state index contributed by atoms with van der Waals surface area (Å²) in [7, 11) is 0. The zero-order valence-electron chi connectivity index (χ0n) is 18.1. The van der Waals surface area contributed by atoms with Crippen molar-refractivity contribution in [3.8, 4) is 0 Å². The highest BCUT2D eigenvalue weighted by molar-refractivity contribution is 5.80. The first-order valence-corrected chi connectivity index (χ1v) is 10.6. The summed E-state index contributed by atoms with van der Waals surface area (Å²) < 4.78 is 5.40. The highest BCUT2D eigenvalue weighted by Crippen LogP contribution is 2.18. The van der Waals surface area contributed by atoms with Gasteiger partial charge in [0.25, 0.3) is 0 Å². The van der Waals surface area contributed by atoms with Crippen LogP contribution in [-0.4, -0.2) is 66.3 Å². The lowest BCUT2D eigenvalue weighted by atomic mass is 10.1. The molecule has 8 nitrogen and oxygen atoms in total. The van der Waals surface area contributed by atoms with Crippen molar-refractivity contribution in [2.45, 2.75) is 58.7 Å². The first-order valence-electron chi connectivity index (χ1n) is 10.6. The number of aliphatic imine (C=N–C) groups is 1. The fourth-order valence-corrected chi connectivity index (χ4v) is 3.37. The summed E-state index contributed by atoms with van der Waals surface area (Å²) in [6, 6.07) is 4.36. The van der Waals surface area contributed by atoms with Crippen LogP contribution in [0.3, 0.4) is 0 Å². The number of aromatic nitrogens is 1. The van der Waals surface area contributed by atoms with Gasteiger partial charge in [0.15, 0.2) is 5.96 Å². The summed E-state index contributed by atoms with van der Waals surface area (Å²) in [5.74, 6) is 1.81. The molecule has 2 aliphatic heterocycles. The lowest BCUT2D eigenvalue weighted by Crippen LogP contribution is -2.63. The van der Waals surface area contributed by atoms with Crippen molar-refractivity contribution in [3.63, 3.8) is 0 Å². The van der Waals surface area contributed by atoms with Gasteiger partial charge in [-0.3, -0.25) is 0 Å². The molecule has 0 radical (unpaired) electrons. The van der Waals surface area contributed by atoms with E-state index in [4.69, 9.17) is 4.74 Å². The first kappa shape index (κ1) is 21.2. The second-order valence-corrected chi connectivity index (χ2v) is 8.64. The van der Waals surface area contributed by atoms with E-state index in [-0.39, 0.29) is 12.1 Å². The molecule has 2 fully saturated rings. The van der Waals surface area contributed by atoms with E-state index in [9.17, 15) is 4.79 Å². The molecule has 0 saturated carbocycles. The Labute approximate surface area is 173 Å². The van der Waals surface area contributed by atoms with E-state index in [0.29, 0.717) is 19.6 Å². The quantitative estimate of drug-likeness (QED) is 0.581. The van der Waals surface area contributed by atoms with Crippen LogP contribution >= 0.6 is 0 Å². The Hall–Kier alpha value is -2.51. The van der Waals surface area contributed by atoms with Gasteiger partial charge in [-0.25, -0.2) is 14.8 Å². The van der Waals surface area contributed by atoms with E-state index in [1.165, 1.54) is 12.8 Å². The maximum Gasteiger partial charge on any atom is 0.410 e. The van der Waals surface area contributed by atoms with Gasteiger partial charge in [0.05, 0.1) is 12.6 Å². The van der Waals surface area contributed by atoms with E-state index >= 15 is 0 Å². The number of likely N-dealkylation sites (tertiary alicyclic amines) is 1. The minimum atomic E-state index is -0.468. The summed E-state index contributed by atoms with van der Waals surface area (Å²) in [6.07, 6.45) is 4.14. The van der Waals surface area contributed by atoms with Gasteiger partial charge in [-0.15, -0.1) is 0 Å². The molecule has 0 aromatic carbocycles. The Bertz CT molecular complexity index is 701. The molecule has 2 aliphatic rings. The zero-order chi connectivity index (χ0) is 20.9. The van der Waals surface area contributed by atoms with Crippen LogP contribution in [0.15, 0.2) is 23.3 Å². The fourth-order valence-electron chi connectivity index (χ4n) is 3.37. The van der Waals surface area contributed by atoms with Crippen molar-refractivity contribution in [2.24, 2.45) is 4.99 Å². The van der Waals surface area contributed by atoms with E-state index in [1.54, 1.807) is 4.90 Å². The van der Waals surface area contributed by atoms with Crippen LogP contribution in [0.25, 0.3) is 0 Å². The number of anilines is 1. The second kappa shape index (κ2) is 9.33. The van der Waals surface area contributed by atoms with Gasteiger partial charge in [0.2, 0.25) is 0 Å². The maximum atomic E-state index is 12.1. The van der Waals surface area contributed by atoms with E-state index in [2.05, 4.69) is 37.6 Å². The number of pyridine rings is 1. The molecular formula is C21H34N6O2. The van der Waals surface area contributed by atoms with Crippen molar-refractivity contribution in [1.82, 2.24) is 20.5 Å². The highest BCUT2D eigenvalue weighted by Gasteiger charge is 2.34. The number of ether oxygens (including phenoxy) is 1. The highest BCUT2D eigenvalue weighted by atomic mass is 16.6. The number of amides is 1. The van der Waals surface area contributed by atoms with Gasteiger partial charge in [0, 0.05) is 38.9 Å². The Balaban J connectivity index is 1.48. The molecule has 0 spiro atoms. The average Bonchev–Trinajstić information content (AvgIpc) is 3.15. The summed E-state index contributed by atoms with van der Waals surface area (Å²) in [5.41, 5.74) is 0.610. The van der Waals surface area contributed by atoms with E-state index < -0.39 is 5.60 Å². The van der Waals surface area contributed by atoms with Crippen LogP contribution < -0.4 is 15.5 Å². The Morgan fingerprint density at radius 2 is 2.00 bits per heavy atom. The summed E-state index contributed by atoms with van der Waals surface area (Å²) in [5, 5.41) is 6.66. The third-order valence-electron chi connectivity index (χ3n) is 4.88. The van der Waals surface area contributed by atoms with Gasteiger partial charge in [-0.2, -0.15) is 0 Å². The molecule has 1 aromatic heterocycles. The molecule has 160 valence electrons. The van der Waals surface area contributed by atoms with Crippen molar-refractivity contribution in [3.05, 3.63) is 23.9 Å². The zero-order valence-corrected chi connectivity index (χ0v) is 18.1. The largest absolute Gasteiger partial charge is 0.444 e. The Kier molecular flexibility index (Phi) is 6.82. The normalized spacial score (nSPS) is 17.9. The van der Waals surface area contributed by atoms with Crippen molar-refractivity contribution >= 4 is 17.9 Å². The molecule has 2 saturated heterocycles. The van der Waals surface area contributed by atoms with Gasteiger partial charge in [0.1, 0.15) is 11.4 Å². The molecule has 1 amide bonds. The molecule has 8 heteroatoms. The smallest absolute Gasteiger partial charge is 0.410 e. The fraction of sp³-hybridized carbons (Fsp3) is 0.667. The van der Waals surface area contributed by atoms with E-state index in [1.807, 2.05) is 33.9 Å². The number of nitrogens with zero attached hydrogens (tertiary/aromatic N) is 4. The lowest BCUT2D eigenvalue weighted by molar-refractivity contribution is 0.00701. The Morgan fingerprint density at radius 1 is 1.28 bits per heavy atom. The summed E-state index contributed by atoms with van der Waals surface area (Å²) in [6.45, 7) is 12.4. The molecule has 29 heavy (non-hydrogen) atoms. The van der Waals surface area contributed by atoms with Crippen molar-refractivity contribution in [2.75, 3.05) is 37.6 Å². The molecule has 0 aliphatic carbocycles. The molecule has 1 aromatic rings. The molecule has 0 atom stereocenters. The molecule has 2 N–H and O–H groups in total. The molecule has 0 unspecified atom stereocenters. The molecular weight excluding hydrogens is 368 g/mol. The molecule has 0 bridgehead atoms. The average molecular weight is 403 g/mol. The summed E-state index contributed by atoms with van der Waals surface area (Å²) in [4.78, 5) is 25.3. The van der Waals surface area contributed by atoms with Crippen LogP contribution in [0.1, 0.15) is 46.1 Å². The number of carbonyl (C=O) groups excluding carboxylic acids is 1. The van der Waals surface area contributed by atoms with Gasteiger partial charge >= 0.3 is 6.09 Å². The predicted octanol–water partition coefficient (Wildman–Crippen LogP) is 2.36.